The van der Waals surface area contributed by atoms with Gasteiger partial charge >= 0.3 is 0 Å². The Morgan fingerprint density at radius 2 is 1.76 bits per heavy atom. The van der Waals surface area contributed by atoms with Crippen LogP contribution in [-0.4, -0.2) is 30.4 Å². The predicted octanol–water partition coefficient (Wildman–Crippen LogP) is 6.61. The van der Waals surface area contributed by atoms with Crippen LogP contribution in [0.5, 0.6) is 11.5 Å². The van der Waals surface area contributed by atoms with Gasteiger partial charge in [0.2, 0.25) is 0 Å². The van der Waals surface area contributed by atoms with Crippen molar-refractivity contribution in [3.8, 4) is 22.6 Å². The van der Waals surface area contributed by atoms with Crippen molar-refractivity contribution in [2.45, 2.75) is 13.5 Å². The topological polar surface area (TPSA) is 83.0 Å². The van der Waals surface area contributed by atoms with Crippen LogP contribution < -0.4 is 15.5 Å². The van der Waals surface area contributed by atoms with Gasteiger partial charge < -0.3 is 15.2 Å². The summed E-state index contributed by atoms with van der Waals surface area (Å²) < 4.78 is 6.23. The van der Waals surface area contributed by atoms with Crippen LogP contribution in [0.25, 0.3) is 11.1 Å². The number of amides is 1. The van der Waals surface area contributed by atoms with E-state index in [1.165, 1.54) is 18.2 Å². The molecule has 6 nitrogen and oxygen atoms in total. The van der Waals surface area contributed by atoms with E-state index < -0.39 is 5.91 Å². The van der Waals surface area contributed by atoms with E-state index in [0.29, 0.717) is 18.7 Å². The molecule has 194 valence electrons. The SMILES string of the molecule is Cc1cc(/C=N/NC(=O)c2ccc(O)c(Cl)c2)cc(-c2ccccc2)c1OCCNCc1ccc(Cl)cc1. The number of hydrazone groups is 1. The van der Waals surface area contributed by atoms with Crippen molar-refractivity contribution in [1.82, 2.24) is 10.7 Å². The van der Waals surface area contributed by atoms with Crippen molar-refractivity contribution in [2.24, 2.45) is 5.10 Å². The first-order chi connectivity index (χ1) is 18.4. The number of hydrogen-bond acceptors (Lipinski definition) is 5. The number of phenols is 1. The van der Waals surface area contributed by atoms with E-state index in [4.69, 9.17) is 27.9 Å². The van der Waals surface area contributed by atoms with Gasteiger partial charge in [0.25, 0.3) is 5.91 Å². The molecule has 0 unspecified atom stereocenters. The third kappa shape index (κ3) is 7.35. The molecule has 4 aromatic carbocycles. The summed E-state index contributed by atoms with van der Waals surface area (Å²) in [5, 5.41) is 17.9. The Bertz CT molecular complexity index is 1430. The minimum absolute atomic E-state index is 0.0877. The molecule has 0 aromatic heterocycles. The lowest BCUT2D eigenvalue weighted by molar-refractivity contribution is 0.0955. The van der Waals surface area contributed by atoms with E-state index in [-0.39, 0.29) is 10.8 Å². The van der Waals surface area contributed by atoms with Gasteiger partial charge in [-0.1, -0.05) is 65.7 Å². The van der Waals surface area contributed by atoms with Crippen LogP contribution in [0.2, 0.25) is 10.0 Å². The van der Waals surface area contributed by atoms with Gasteiger partial charge in [0, 0.05) is 29.2 Å². The van der Waals surface area contributed by atoms with Crippen molar-refractivity contribution >= 4 is 35.3 Å². The maximum absolute atomic E-state index is 12.4. The standard InChI is InChI=1S/C30H27Cl2N3O3/c1-20-15-22(19-34-35-30(37)24-9-12-28(36)27(32)17-24)16-26(23-5-3-2-4-6-23)29(20)38-14-13-33-18-21-7-10-25(31)11-8-21/h2-12,15-17,19,33,36H,13-14,18H2,1H3,(H,35,37)/b34-19+. The molecule has 0 radical (unpaired) electrons. The van der Waals surface area contributed by atoms with E-state index in [1.807, 2.05) is 73.7 Å². The Balaban J connectivity index is 1.44. The number of carbonyl (C=O) groups is 1. The first kappa shape index (κ1) is 27.2. The normalized spacial score (nSPS) is 11.0. The van der Waals surface area contributed by atoms with Crippen LogP contribution in [0.1, 0.15) is 27.0 Å². The minimum Gasteiger partial charge on any atom is -0.506 e. The van der Waals surface area contributed by atoms with Crippen molar-refractivity contribution in [2.75, 3.05) is 13.2 Å². The number of ether oxygens (including phenoxy) is 1. The van der Waals surface area contributed by atoms with Gasteiger partial charge in [0.05, 0.1) is 11.2 Å². The van der Waals surface area contributed by atoms with E-state index in [1.54, 1.807) is 6.21 Å². The molecule has 0 bridgehead atoms. The molecule has 0 aliphatic carbocycles. The summed E-state index contributed by atoms with van der Waals surface area (Å²) in [4.78, 5) is 12.4. The Morgan fingerprint density at radius 3 is 2.50 bits per heavy atom. The Morgan fingerprint density at radius 1 is 1.00 bits per heavy atom. The van der Waals surface area contributed by atoms with Gasteiger partial charge in [-0.3, -0.25) is 4.79 Å². The molecule has 38 heavy (non-hydrogen) atoms. The zero-order valence-corrected chi connectivity index (χ0v) is 22.3. The summed E-state index contributed by atoms with van der Waals surface area (Å²) in [7, 11) is 0. The maximum atomic E-state index is 12.4. The molecule has 0 heterocycles. The number of carbonyl (C=O) groups excluding carboxylic acids is 1. The second kappa shape index (κ2) is 13.1. The number of nitrogens with zero attached hydrogens (tertiary/aromatic N) is 1. The highest BCUT2D eigenvalue weighted by molar-refractivity contribution is 6.32. The fourth-order valence-corrected chi connectivity index (χ4v) is 4.15. The molecule has 8 heteroatoms. The Hall–Kier alpha value is -3.84. The maximum Gasteiger partial charge on any atom is 0.271 e. The summed E-state index contributed by atoms with van der Waals surface area (Å²) in [6.07, 6.45) is 1.58. The Labute approximate surface area is 231 Å². The highest BCUT2D eigenvalue weighted by Gasteiger charge is 2.12. The predicted molar refractivity (Wildman–Crippen MR) is 153 cm³/mol. The number of aromatic hydroxyl groups is 1. The van der Waals surface area contributed by atoms with Crippen molar-refractivity contribution < 1.29 is 14.6 Å². The largest absolute Gasteiger partial charge is 0.506 e. The van der Waals surface area contributed by atoms with Crippen molar-refractivity contribution in [3.05, 3.63) is 117 Å². The fourth-order valence-electron chi connectivity index (χ4n) is 3.84. The number of benzene rings is 4. The molecule has 1 amide bonds. The molecule has 0 aliphatic rings. The summed E-state index contributed by atoms with van der Waals surface area (Å²) in [6.45, 7) is 3.87. The van der Waals surface area contributed by atoms with E-state index in [0.717, 1.165) is 45.1 Å². The van der Waals surface area contributed by atoms with Gasteiger partial charge in [0.1, 0.15) is 18.1 Å². The van der Waals surface area contributed by atoms with Crippen LogP contribution in [-0.2, 0) is 6.54 Å². The molecule has 3 N–H and O–H groups in total. The molecule has 0 saturated carbocycles. The average molecular weight is 548 g/mol. The molecular weight excluding hydrogens is 521 g/mol. The van der Waals surface area contributed by atoms with Crippen LogP contribution in [0.3, 0.4) is 0 Å². The van der Waals surface area contributed by atoms with E-state index in [2.05, 4.69) is 15.8 Å². The fraction of sp³-hybridized carbons (Fsp3) is 0.133. The van der Waals surface area contributed by atoms with Crippen LogP contribution in [0.15, 0.2) is 90.0 Å². The number of aryl methyl sites for hydroxylation is 1. The van der Waals surface area contributed by atoms with Gasteiger partial charge in [0.15, 0.2) is 0 Å². The molecule has 0 saturated heterocycles. The second-order valence-electron chi connectivity index (χ2n) is 8.60. The summed E-state index contributed by atoms with van der Waals surface area (Å²) in [6, 6.07) is 25.9. The lowest BCUT2D eigenvalue weighted by atomic mass is 9.99. The lowest BCUT2D eigenvalue weighted by Crippen LogP contribution is -2.21. The van der Waals surface area contributed by atoms with Crippen LogP contribution in [0, 0.1) is 6.92 Å². The molecule has 0 fully saturated rings. The molecule has 0 atom stereocenters. The van der Waals surface area contributed by atoms with Gasteiger partial charge in [-0.05, 0) is 71.6 Å². The van der Waals surface area contributed by atoms with Crippen LogP contribution >= 0.6 is 23.2 Å². The zero-order valence-electron chi connectivity index (χ0n) is 20.7. The highest BCUT2D eigenvalue weighted by atomic mass is 35.5. The van der Waals surface area contributed by atoms with Gasteiger partial charge in [-0.25, -0.2) is 5.43 Å². The molecule has 4 aromatic rings. The minimum atomic E-state index is -0.436. The second-order valence-corrected chi connectivity index (χ2v) is 9.44. The number of nitrogens with one attached hydrogen (secondary N) is 2. The smallest absolute Gasteiger partial charge is 0.271 e. The van der Waals surface area contributed by atoms with E-state index in [9.17, 15) is 9.90 Å². The quantitative estimate of drug-likeness (QED) is 0.118. The number of rotatable bonds is 10. The summed E-state index contributed by atoms with van der Waals surface area (Å²) in [5.41, 5.74) is 7.63. The van der Waals surface area contributed by atoms with E-state index >= 15 is 0 Å². The zero-order chi connectivity index (χ0) is 26.9. The molecule has 0 spiro atoms. The van der Waals surface area contributed by atoms with Crippen molar-refractivity contribution in [1.29, 1.82) is 0 Å². The molecule has 4 rings (SSSR count). The third-order valence-electron chi connectivity index (χ3n) is 5.74. The Kier molecular flexibility index (Phi) is 9.38. The third-order valence-corrected chi connectivity index (χ3v) is 6.29. The summed E-state index contributed by atoms with van der Waals surface area (Å²) >= 11 is 11.8. The van der Waals surface area contributed by atoms with Gasteiger partial charge in [-0.2, -0.15) is 5.10 Å². The highest BCUT2D eigenvalue weighted by Crippen LogP contribution is 2.34. The molecule has 0 aliphatic heterocycles. The average Bonchev–Trinajstić information content (AvgIpc) is 2.92. The number of halogens is 2. The molecular formula is C30H27Cl2N3O3. The van der Waals surface area contributed by atoms with Crippen LogP contribution in [0.4, 0.5) is 0 Å². The number of phenolic OH excluding ortho intramolecular Hbond substituents is 1. The monoisotopic (exact) mass is 547 g/mol. The first-order valence-electron chi connectivity index (χ1n) is 12.0. The van der Waals surface area contributed by atoms with Gasteiger partial charge in [-0.15, -0.1) is 0 Å². The number of hydrogen-bond donors (Lipinski definition) is 3. The summed E-state index contributed by atoms with van der Waals surface area (Å²) in [5.74, 6) is 0.272. The first-order valence-corrected chi connectivity index (χ1v) is 12.8. The van der Waals surface area contributed by atoms with Crippen molar-refractivity contribution in [3.63, 3.8) is 0 Å². The lowest BCUT2D eigenvalue weighted by Gasteiger charge is -2.16.